The van der Waals surface area contributed by atoms with Crippen molar-refractivity contribution in [3.05, 3.63) is 75.7 Å². The van der Waals surface area contributed by atoms with E-state index in [9.17, 15) is 4.79 Å². The van der Waals surface area contributed by atoms with E-state index in [4.69, 9.17) is 12.2 Å². The first-order valence-electron chi connectivity index (χ1n) is 10.3. The topological polar surface area (TPSA) is 57.3 Å². The van der Waals surface area contributed by atoms with Gasteiger partial charge in [0.1, 0.15) is 0 Å². The fourth-order valence-electron chi connectivity index (χ4n) is 3.80. The summed E-state index contributed by atoms with van der Waals surface area (Å²) >= 11 is 7.53. The van der Waals surface area contributed by atoms with Crippen molar-refractivity contribution in [1.82, 2.24) is 10.3 Å². The number of anilines is 2. The molecule has 31 heavy (non-hydrogen) atoms. The second-order valence-corrected chi connectivity index (χ2v) is 9.44. The van der Waals surface area contributed by atoms with Gasteiger partial charge >= 0.3 is 0 Å². The Kier molecular flexibility index (Phi) is 6.07. The maximum atomic E-state index is 12.1. The van der Waals surface area contributed by atoms with Gasteiger partial charge in [0.05, 0.1) is 17.8 Å². The lowest BCUT2D eigenvalue weighted by molar-refractivity contribution is -0.118. The van der Waals surface area contributed by atoms with E-state index >= 15 is 0 Å². The molecule has 0 spiro atoms. The lowest BCUT2D eigenvalue weighted by Crippen LogP contribution is -2.29. The Morgan fingerprint density at radius 1 is 1.19 bits per heavy atom. The number of pyridine rings is 1. The molecule has 0 radical (unpaired) electrons. The standard InChI is InChI=1S/C24H26N4OS2/c1-14(2)23(29)26-18-9-8-17(13-16(18)4)28-21(22-15(3)10-12-31-22)20(27-24(28)30)19-7-5-6-11-25-19/h5-14,20-21H,1-4H3,(H,26,29)(H,27,30). The maximum absolute atomic E-state index is 12.1. The van der Waals surface area contributed by atoms with Crippen molar-refractivity contribution in [2.45, 2.75) is 39.8 Å². The van der Waals surface area contributed by atoms with Gasteiger partial charge in [0.25, 0.3) is 0 Å². The number of benzene rings is 1. The molecular formula is C24H26N4OS2. The number of thiophene rings is 1. The third kappa shape index (κ3) is 4.20. The molecule has 4 rings (SSSR count). The van der Waals surface area contributed by atoms with Crippen molar-refractivity contribution in [3.8, 4) is 0 Å². The monoisotopic (exact) mass is 450 g/mol. The molecule has 1 aromatic carbocycles. The number of aromatic nitrogens is 1. The number of carbonyl (C=O) groups is 1. The van der Waals surface area contributed by atoms with Gasteiger partial charge in [-0.25, -0.2) is 0 Å². The predicted molar refractivity (Wildman–Crippen MR) is 132 cm³/mol. The molecule has 2 aromatic heterocycles. The van der Waals surface area contributed by atoms with Crippen LogP contribution in [0, 0.1) is 19.8 Å². The highest BCUT2D eigenvalue weighted by Crippen LogP contribution is 2.44. The van der Waals surface area contributed by atoms with E-state index in [1.807, 2.05) is 57.3 Å². The molecule has 160 valence electrons. The van der Waals surface area contributed by atoms with Gasteiger partial charge in [0.2, 0.25) is 5.91 Å². The average Bonchev–Trinajstić information content (AvgIpc) is 3.32. The summed E-state index contributed by atoms with van der Waals surface area (Å²) in [6.45, 7) is 7.92. The van der Waals surface area contributed by atoms with Gasteiger partial charge in [0, 0.05) is 28.4 Å². The van der Waals surface area contributed by atoms with Crippen LogP contribution in [0.1, 0.15) is 47.6 Å². The van der Waals surface area contributed by atoms with Crippen molar-refractivity contribution in [3.63, 3.8) is 0 Å². The largest absolute Gasteiger partial charge is 0.351 e. The highest BCUT2D eigenvalue weighted by molar-refractivity contribution is 7.80. The molecule has 2 unspecified atom stereocenters. The van der Waals surface area contributed by atoms with Gasteiger partial charge in [-0.2, -0.15) is 0 Å². The predicted octanol–water partition coefficient (Wildman–Crippen LogP) is 5.53. The van der Waals surface area contributed by atoms with Gasteiger partial charge in [-0.3, -0.25) is 9.78 Å². The molecule has 2 N–H and O–H groups in total. The van der Waals surface area contributed by atoms with E-state index in [2.05, 4.69) is 45.0 Å². The molecular weight excluding hydrogens is 424 g/mol. The summed E-state index contributed by atoms with van der Waals surface area (Å²) in [6, 6.07) is 14.1. The van der Waals surface area contributed by atoms with Crippen LogP contribution in [0.25, 0.3) is 0 Å². The molecule has 2 atom stereocenters. The lowest BCUT2D eigenvalue weighted by Gasteiger charge is -2.28. The van der Waals surface area contributed by atoms with Gasteiger partial charge in [-0.15, -0.1) is 11.3 Å². The van der Waals surface area contributed by atoms with Crippen LogP contribution in [0.15, 0.2) is 54.0 Å². The number of rotatable bonds is 5. The summed E-state index contributed by atoms with van der Waals surface area (Å²) in [6.07, 6.45) is 1.82. The smallest absolute Gasteiger partial charge is 0.226 e. The normalized spacial score (nSPS) is 18.4. The second kappa shape index (κ2) is 8.77. The Balaban J connectivity index is 1.74. The first kappa shape index (κ1) is 21.5. The fraction of sp³-hybridized carbons (Fsp3) is 0.292. The fourth-order valence-corrected chi connectivity index (χ4v) is 5.20. The lowest BCUT2D eigenvalue weighted by atomic mass is 10.00. The minimum absolute atomic E-state index is 0.00194. The van der Waals surface area contributed by atoms with Crippen LogP contribution in [0.3, 0.4) is 0 Å². The van der Waals surface area contributed by atoms with Crippen molar-refractivity contribution in [2.75, 3.05) is 10.2 Å². The molecule has 0 saturated carbocycles. The summed E-state index contributed by atoms with van der Waals surface area (Å²) in [5.41, 5.74) is 5.02. The Morgan fingerprint density at radius 2 is 2.00 bits per heavy atom. The number of hydrogen-bond acceptors (Lipinski definition) is 4. The summed E-state index contributed by atoms with van der Waals surface area (Å²) < 4.78 is 0. The van der Waals surface area contributed by atoms with Crippen molar-refractivity contribution in [1.29, 1.82) is 0 Å². The Labute approximate surface area is 192 Å². The van der Waals surface area contributed by atoms with Crippen LogP contribution in [-0.2, 0) is 4.79 Å². The third-order valence-corrected chi connectivity index (χ3v) is 6.94. The summed E-state index contributed by atoms with van der Waals surface area (Å²) in [5, 5.41) is 9.30. The van der Waals surface area contributed by atoms with Gasteiger partial charge in [-0.05, 0) is 79.0 Å². The Bertz CT molecular complexity index is 1110. The van der Waals surface area contributed by atoms with E-state index in [-0.39, 0.29) is 23.9 Å². The molecule has 1 aliphatic rings. The van der Waals surface area contributed by atoms with Crippen molar-refractivity contribution >= 4 is 45.9 Å². The van der Waals surface area contributed by atoms with E-state index in [0.717, 1.165) is 22.6 Å². The van der Waals surface area contributed by atoms with E-state index in [0.29, 0.717) is 5.11 Å². The average molecular weight is 451 g/mol. The molecule has 1 aliphatic heterocycles. The molecule has 7 heteroatoms. The number of nitrogens with zero attached hydrogens (tertiary/aromatic N) is 2. The van der Waals surface area contributed by atoms with Gasteiger partial charge in [-0.1, -0.05) is 19.9 Å². The van der Waals surface area contributed by atoms with E-state index < -0.39 is 0 Å². The van der Waals surface area contributed by atoms with Crippen LogP contribution in [-0.4, -0.2) is 16.0 Å². The molecule has 1 saturated heterocycles. The highest BCUT2D eigenvalue weighted by atomic mass is 32.1. The summed E-state index contributed by atoms with van der Waals surface area (Å²) in [5.74, 6) is -0.0590. The van der Waals surface area contributed by atoms with Gasteiger partial charge < -0.3 is 15.5 Å². The molecule has 1 amide bonds. The number of hydrogen-bond donors (Lipinski definition) is 2. The molecule has 0 bridgehead atoms. The quantitative estimate of drug-likeness (QED) is 0.501. The third-order valence-electron chi connectivity index (χ3n) is 5.54. The van der Waals surface area contributed by atoms with E-state index in [1.54, 1.807) is 11.3 Å². The zero-order valence-corrected chi connectivity index (χ0v) is 19.7. The molecule has 0 aliphatic carbocycles. The van der Waals surface area contributed by atoms with Gasteiger partial charge in [0.15, 0.2) is 5.11 Å². The SMILES string of the molecule is Cc1cc(N2C(=S)NC(c3ccccn3)C2c2sccc2C)ccc1NC(=O)C(C)C. The number of nitrogens with one attached hydrogen (secondary N) is 2. The summed E-state index contributed by atoms with van der Waals surface area (Å²) in [4.78, 5) is 20.2. The van der Waals surface area contributed by atoms with Crippen LogP contribution in [0.4, 0.5) is 11.4 Å². The Hall–Kier alpha value is -2.77. The molecule has 3 heterocycles. The second-order valence-electron chi connectivity index (χ2n) is 8.11. The van der Waals surface area contributed by atoms with Crippen LogP contribution in [0.5, 0.6) is 0 Å². The summed E-state index contributed by atoms with van der Waals surface area (Å²) in [7, 11) is 0. The van der Waals surface area contributed by atoms with Crippen LogP contribution in [0.2, 0.25) is 0 Å². The van der Waals surface area contributed by atoms with Crippen molar-refractivity contribution < 1.29 is 4.79 Å². The number of aryl methyl sites for hydroxylation is 2. The zero-order chi connectivity index (χ0) is 22.1. The minimum Gasteiger partial charge on any atom is -0.351 e. The van der Waals surface area contributed by atoms with Crippen molar-refractivity contribution in [2.24, 2.45) is 5.92 Å². The minimum atomic E-state index is -0.0697. The maximum Gasteiger partial charge on any atom is 0.226 e. The first-order valence-corrected chi connectivity index (χ1v) is 11.6. The molecule has 5 nitrogen and oxygen atoms in total. The number of thiocarbonyl (C=S) groups is 1. The number of amides is 1. The molecule has 3 aromatic rings. The van der Waals surface area contributed by atoms with E-state index in [1.165, 1.54) is 10.4 Å². The number of carbonyl (C=O) groups excluding carboxylic acids is 1. The highest BCUT2D eigenvalue weighted by Gasteiger charge is 2.42. The van der Waals surface area contributed by atoms with Crippen LogP contribution < -0.4 is 15.5 Å². The van der Waals surface area contributed by atoms with Crippen LogP contribution >= 0.6 is 23.6 Å². The molecule has 1 fully saturated rings. The zero-order valence-electron chi connectivity index (χ0n) is 18.0. The first-order chi connectivity index (χ1) is 14.9. The Morgan fingerprint density at radius 3 is 2.61 bits per heavy atom.